The summed E-state index contributed by atoms with van der Waals surface area (Å²) in [6.45, 7) is 0.425. The predicted molar refractivity (Wildman–Crippen MR) is 67.7 cm³/mol. The zero-order valence-electron chi connectivity index (χ0n) is 9.58. The highest BCUT2D eigenvalue weighted by Crippen LogP contribution is 2.07. The average Bonchev–Trinajstić information content (AvgIpc) is 2.31. The van der Waals surface area contributed by atoms with Crippen molar-refractivity contribution >= 4 is 21.8 Å². The van der Waals surface area contributed by atoms with Crippen molar-refractivity contribution in [1.29, 1.82) is 0 Å². The number of rotatable bonds is 6. The maximum absolute atomic E-state index is 13.3. The van der Waals surface area contributed by atoms with Crippen LogP contribution in [0.1, 0.15) is 5.56 Å². The van der Waals surface area contributed by atoms with Gasteiger partial charge in [0.25, 0.3) is 0 Å². The molecule has 17 heavy (non-hydrogen) atoms. The Labute approximate surface area is 108 Å². The zero-order chi connectivity index (χ0) is 12.7. The smallest absolute Gasteiger partial charge is 0.224 e. The molecule has 5 heteroatoms. The molecule has 0 radical (unpaired) electrons. The Morgan fingerprint density at radius 1 is 1.53 bits per heavy atom. The summed E-state index contributed by atoms with van der Waals surface area (Å²) in [7, 11) is 1.57. The summed E-state index contributed by atoms with van der Waals surface area (Å²) in [6.07, 6.45) is 0.0416. The first-order chi connectivity index (χ1) is 8.17. The minimum atomic E-state index is -0.357. The lowest BCUT2D eigenvalue weighted by atomic mass is 10.1. The van der Waals surface area contributed by atoms with Crippen molar-refractivity contribution < 1.29 is 13.9 Å². The average molecular weight is 304 g/mol. The maximum atomic E-state index is 13.3. The monoisotopic (exact) mass is 303 g/mol. The Kier molecular flexibility index (Phi) is 6.15. The van der Waals surface area contributed by atoms with Crippen molar-refractivity contribution in [3.05, 3.63) is 35.6 Å². The van der Waals surface area contributed by atoms with Gasteiger partial charge in [0, 0.05) is 12.4 Å². The minimum absolute atomic E-state index is 0.0416. The van der Waals surface area contributed by atoms with Crippen LogP contribution in [0.25, 0.3) is 0 Å². The first kappa shape index (κ1) is 14.1. The molecule has 0 saturated heterocycles. The van der Waals surface area contributed by atoms with E-state index in [4.69, 9.17) is 4.74 Å². The van der Waals surface area contributed by atoms with Crippen LogP contribution in [0.5, 0.6) is 0 Å². The van der Waals surface area contributed by atoms with Gasteiger partial charge in [0.1, 0.15) is 5.82 Å². The molecule has 1 rings (SSSR count). The van der Waals surface area contributed by atoms with Crippen LogP contribution in [0.2, 0.25) is 0 Å². The number of hydrogen-bond acceptors (Lipinski definition) is 2. The molecular formula is C12H15BrFNO2. The molecule has 1 amide bonds. The second-order valence-electron chi connectivity index (χ2n) is 3.64. The molecule has 0 aliphatic rings. The fourth-order valence-corrected chi connectivity index (χ4v) is 1.77. The normalized spacial score (nSPS) is 12.2. The van der Waals surface area contributed by atoms with Gasteiger partial charge >= 0.3 is 0 Å². The molecule has 0 saturated carbocycles. The third-order valence-electron chi connectivity index (χ3n) is 2.23. The molecule has 0 aromatic heterocycles. The van der Waals surface area contributed by atoms with E-state index in [2.05, 4.69) is 21.2 Å². The van der Waals surface area contributed by atoms with Crippen molar-refractivity contribution in [3.63, 3.8) is 0 Å². The molecule has 0 bridgehead atoms. The van der Waals surface area contributed by atoms with E-state index in [1.54, 1.807) is 25.3 Å². The molecule has 3 nitrogen and oxygen atoms in total. The van der Waals surface area contributed by atoms with Crippen LogP contribution in [0.4, 0.5) is 4.39 Å². The summed E-state index contributed by atoms with van der Waals surface area (Å²) in [4.78, 5) is 11.7. The lowest BCUT2D eigenvalue weighted by Crippen LogP contribution is -2.40. The molecule has 0 heterocycles. The van der Waals surface area contributed by atoms with Crippen LogP contribution >= 0.6 is 15.9 Å². The Morgan fingerprint density at radius 3 is 2.82 bits per heavy atom. The predicted octanol–water partition coefficient (Wildman–Crippen LogP) is 1.89. The Bertz CT molecular complexity index is 373. The van der Waals surface area contributed by atoms with Gasteiger partial charge < -0.3 is 10.1 Å². The maximum Gasteiger partial charge on any atom is 0.224 e. The van der Waals surface area contributed by atoms with E-state index in [1.165, 1.54) is 6.07 Å². The van der Waals surface area contributed by atoms with Gasteiger partial charge in [-0.05, 0) is 11.6 Å². The summed E-state index contributed by atoms with van der Waals surface area (Å²) in [5, 5.41) is 3.37. The SMILES string of the molecule is COCC(CBr)NC(=O)Cc1ccccc1F. The molecule has 0 aliphatic carbocycles. The van der Waals surface area contributed by atoms with Crippen molar-refractivity contribution in [1.82, 2.24) is 5.32 Å². The van der Waals surface area contributed by atoms with E-state index >= 15 is 0 Å². The standard InChI is InChI=1S/C12H15BrFNO2/c1-17-8-10(7-13)15-12(16)6-9-4-2-3-5-11(9)14/h2-5,10H,6-8H2,1H3,(H,15,16). The number of ether oxygens (including phenoxy) is 1. The van der Waals surface area contributed by atoms with Crippen LogP contribution in [-0.4, -0.2) is 31.0 Å². The second-order valence-corrected chi connectivity index (χ2v) is 4.29. The Morgan fingerprint density at radius 2 is 2.24 bits per heavy atom. The highest BCUT2D eigenvalue weighted by Gasteiger charge is 2.12. The van der Waals surface area contributed by atoms with E-state index in [0.717, 1.165) is 0 Å². The molecular weight excluding hydrogens is 289 g/mol. The van der Waals surface area contributed by atoms with Gasteiger partial charge in [-0.1, -0.05) is 34.1 Å². The fourth-order valence-electron chi connectivity index (χ4n) is 1.42. The highest BCUT2D eigenvalue weighted by molar-refractivity contribution is 9.09. The van der Waals surface area contributed by atoms with E-state index in [9.17, 15) is 9.18 Å². The topological polar surface area (TPSA) is 38.3 Å². The number of carbonyl (C=O) groups is 1. The van der Waals surface area contributed by atoms with Gasteiger partial charge in [-0.3, -0.25) is 4.79 Å². The number of benzene rings is 1. The van der Waals surface area contributed by atoms with Gasteiger partial charge in [0.2, 0.25) is 5.91 Å². The van der Waals surface area contributed by atoms with E-state index in [-0.39, 0.29) is 24.2 Å². The van der Waals surface area contributed by atoms with E-state index in [1.807, 2.05) is 0 Å². The number of amides is 1. The largest absolute Gasteiger partial charge is 0.383 e. The van der Waals surface area contributed by atoms with Crippen molar-refractivity contribution in [3.8, 4) is 0 Å². The molecule has 1 N–H and O–H groups in total. The molecule has 1 aromatic rings. The third kappa shape index (κ3) is 4.83. The first-order valence-corrected chi connectivity index (χ1v) is 6.37. The Balaban J connectivity index is 2.52. The van der Waals surface area contributed by atoms with Gasteiger partial charge in [-0.15, -0.1) is 0 Å². The van der Waals surface area contributed by atoms with Crippen LogP contribution in [0, 0.1) is 5.82 Å². The number of hydrogen-bond donors (Lipinski definition) is 1. The minimum Gasteiger partial charge on any atom is -0.383 e. The summed E-state index contributed by atoms with van der Waals surface area (Å²) in [5.74, 6) is -0.568. The summed E-state index contributed by atoms with van der Waals surface area (Å²) < 4.78 is 18.3. The number of methoxy groups -OCH3 is 1. The number of alkyl halides is 1. The number of carbonyl (C=O) groups excluding carboxylic acids is 1. The lowest BCUT2D eigenvalue weighted by molar-refractivity contribution is -0.121. The summed E-state index contributed by atoms with van der Waals surface area (Å²) in [6, 6.07) is 6.17. The van der Waals surface area contributed by atoms with E-state index in [0.29, 0.717) is 17.5 Å². The third-order valence-corrected chi connectivity index (χ3v) is 3.01. The Hall–Kier alpha value is -0.940. The van der Waals surface area contributed by atoms with Crippen LogP contribution < -0.4 is 5.32 Å². The molecule has 0 spiro atoms. The fraction of sp³-hybridized carbons (Fsp3) is 0.417. The highest BCUT2D eigenvalue weighted by atomic mass is 79.9. The van der Waals surface area contributed by atoms with Crippen molar-refractivity contribution in [2.75, 3.05) is 19.0 Å². The van der Waals surface area contributed by atoms with Crippen molar-refractivity contribution in [2.45, 2.75) is 12.5 Å². The summed E-state index contributed by atoms with van der Waals surface area (Å²) >= 11 is 3.28. The molecule has 94 valence electrons. The van der Waals surface area contributed by atoms with Gasteiger partial charge in [0.15, 0.2) is 0 Å². The lowest BCUT2D eigenvalue weighted by Gasteiger charge is -2.15. The first-order valence-electron chi connectivity index (χ1n) is 5.25. The number of halogens is 2. The van der Waals surface area contributed by atoms with Gasteiger partial charge in [-0.2, -0.15) is 0 Å². The quantitative estimate of drug-likeness (QED) is 0.815. The van der Waals surface area contributed by atoms with Gasteiger partial charge in [0.05, 0.1) is 19.1 Å². The summed E-state index contributed by atoms with van der Waals surface area (Å²) in [5.41, 5.74) is 0.399. The molecule has 0 aliphatic heterocycles. The van der Waals surface area contributed by atoms with Crippen LogP contribution in [0.15, 0.2) is 24.3 Å². The molecule has 1 aromatic carbocycles. The molecule has 1 atom stereocenters. The van der Waals surface area contributed by atoms with Crippen LogP contribution in [0.3, 0.4) is 0 Å². The zero-order valence-corrected chi connectivity index (χ0v) is 11.2. The second kappa shape index (κ2) is 7.40. The number of nitrogens with one attached hydrogen (secondary N) is 1. The van der Waals surface area contributed by atoms with E-state index < -0.39 is 0 Å². The van der Waals surface area contributed by atoms with Crippen LogP contribution in [-0.2, 0) is 16.0 Å². The van der Waals surface area contributed by atoms with Crippen molar-refractivity contribution in [2.24, 2.45) is 0 Å². The molecule has 0 fully saturated rings. The molecule has 1 unspecified atom stereocenters. The van der Waals surface area contributed by atoms with Gasteiger partial charge in [-0.25, -0.2) is 4.39 Å².